The van der Waals surface area contributed by atoms with Gasteiger partial charge in [0, 0.05) is 29.9 Å². The van der Waals surface area contributed by atoms with Crippen LogP contribution in [-0.2, 0) is 13.0 Å². The highest BCUT2D eigenvalue weighted by Gasteiger charge is 2.21. The maximum Gasteiger partial charge on any atom is 0.190 e. The number of hydrogen-bond donors (Lipinski definition) is 1. The molecule has 88 valence electrons. The van der Waals surface area contributed by atoms with Crippen molar-refractivity contribution in [2.45, 2.75) is 13.0 Å². The van der Waals surface area contributed by atoms with Crippen LogP contribution in [0, 0.1) is 0 Å². The minimum atomic E-state index is 0.896. The summed E-state index contributed by atoms with van der Waals surface area (Å²) in [6.07, 6.45) is 3.09. The molecule has 2 aromatic rings. The molecule has 0 amide bonds. The molecule has 0 saturated heterocycles. The summed E-state index contributed by atoms with van der Waals surface area (Å²) >= 11 is 1.77. The highest BCUT2D eigenvalue weighted by atomic mass is 32.1. The van der Waals surface area contributed by atoms with Crippen molar-refractivity contribution < 1.29 is 0 Å². The molecule has 0 spiro atoms. The van der Waals surface area contributed by atoms with Crippen molar-refractivity contribution in [1.29, 1.82) is 0 Å². The quantitative estimate of drug-likeness (QED) is 0.900. The maximum atomic E-state index is 4.52. The van der Waals surface area contributed by atoms with Crippen LogP contribution in [0.3, 0.4) is 0 Å². The van der Waals surface area contributed by atoms with E-state index in [4.69, 9.17) is 0 Å². The van der Waals surface area contributed by atoms with E-state index in [2.05, 4.69) is 39.5 Å². The standard InChI is InChI=1S/C13H15N3S/c1-14-8-11-9-15-13(17-11)16-7-6-10-4-2-3-5-12(10)16/h2-5,9,14H,6-8H2,1H3. The van der Waals surface area contributed by atoms with E-state index < -0.39 is 0 Å². The predicted molar refractivity (Wildman–Crippen MR) is 72.0 cm³/mol. The zero-order chi connectivity index (χ0) is 11.7. The average molecular weight is 245 g/mol. The average Bonchev–Trinajstić information content (AvgIpc) is 2.95. The second kappa shape index (κ2) is 4.47. The number of aromatic nitrogens is 1. The molecule has 0 unspecified atom stereocenters. The smallest absolute Gasteiger partial charge is 0.190 e. The molecule has 0 aliphatic carbocycles. The minimum absolute atomic E-state index is 0.896. The van der Waals surface area contributed by atoms with Gasteiger partial charge >= 0.3 is 0 Å². The molecule has 1 aromatic carbocycles. The van der Waals surface area contributed by atoms with E-state index in [1.165, 1.54) is 16.1 Å². The van der Waals surface area contributed by atoms with Crippen LogP contribution < -0.4 is 10.2 Å². The molecule has 0 bridgehead atoms. The lowest BCUT2D eigenvalue weighted by Gasteiger charge is -2.15. The van der Waals surface area contributed by atoms with Crippen molar-refractivity contribution >= 4 is 22.2 Å². The fourth-order valence-corrected chi connectivity index (χ4v) is 3.18. The molecular weight excluding hydrogens is 230 g/mol. The Morgan fingerprint density at radius 2 is 2.29 bits per heavy atom. The van der Waals surface area contributed by atoms with Gasteiger partial charge in [0.1, 0.15) is 0 Å². The first kappa shape index (κ1) is 10.7. The number of thiazole rings is 1. The lowest BCUT2D eigenvalue weighted by atomic mass is 10.2. The van der Waals surface area contributed by atoms with Crippen molar-refractivity contribution in [3.63, 3.8) is 0 Å². The van der Waals surface area contributed by atoms with Crippen LogP contribution >= 0.6 is 11.3 Å². The molecule has 1 N–H and O–H groups in total. The summed E-state index contributed by atoms with van der Waals surface area (Å²) < 4.78 is 0. The molecule has 1 aliphatic rings. The van der Waals surface area contributed by atoms with Crippen molar-refractivity contribution in [3.05, 3.63) is 40.9 Å². The van der Waals surface area contributed by atoms with Gasteiger partial charge in [0.2, 0.25) is 0 Å². The molecule has 0 fully saturated rings. The van der Waals surface area contributed by atoms with E-state index in [9.17, 15) is 0 Å². The van der Waals surface area contributed by atoms with Crippen LogP contribution in [0.25, 0.3) is 0 Å². The Bertz CT molecular complexity index is 521. The third kappa shape index (κ3) is 1.94. The molecule has 17 heavy (non-hydrogen) atoms. The highest BCUT2D eigenvalue weighted by Crippen LogP contribution is 2.36. The van der Waals surface area contributed by atoms with Crippen LogP contribution in [0.5, 0.6) is 0 Å². The topological polar surface area (TPSA) is 28.2 Å². The zero-order valence-corrected chi connectivity index (χ0v) is 10.6. The first-order valence-corrected chi connectivity index (χ1v) is 6.65. The fraction of sp³-hybridized carbons (Fsp3) is 0.308. The molecule has 3 nitrogen and oxygen atoms in total. The van der Waals surface area contributed by atoms with E-state index >= 15 is 0 Å². The molecule has 0 radical (unpaired) electrons. The molecular formula is C13H15N3S. The Hall–Kier alpha value is -1.39. The molecule has 2 heterocycles. The number of nitrogens with zero attached hydrogens (tertiary/aromatic N) is 2. The summed E-state index contributed by atoms with van der Waals surface area (Å²) in [6, 6.07) is 8.59. The Balaban J connectivity index is 1.90. The summed E-state index contributed by atoms with van der Waals surface area (Å²) in [6.45, 7) is 1.94. The third-order valence-corrected chi connectivity index (χ3v) is 4.03. The summed E-state index contributed by atoms with van der Waals surface area (Å²) in [5, 5.41) is 4.27. The van der Waals surface area contributed by atoms with E-state index in [0.717, 1.165) is 24.6 Å². The third-order valence-electron chi connectivity index (χ3n) is 3.01. The van der Waals surface area contributed by atoms with E-state index in [1.54, 1.807) is 11.3 Å². The lowest BCUT2D eigenvalue weighted by Crippen LogP contribution is -2.12. The van der Waals surface area contributed by atoms with E-state index in [1.807, 2.05) is 13.2 Å². The molecule has 3 rings (SSSR count). The minimum Gasteiger partial charge on any atom is -0.317 e. The van der Waals surface area contributed by atoms with Crippen molar-refractivity contribution in [1.82, 2.24) is 10.3 Å². The van der Waals surface area contributed by atoms with Gasteiger partial charge < -0.3 is 10.2 Å². The van der Waals surface area contributed by atoms with Gasteiger partial charge in [0.25, 0.3) is 0 Å². The first-order chi connectivity index (χ1) is 8.38. The van der Waals surface area contributed by atoms with Crippen LogP contribution in [0.1, 0.15) is 10.4 Å². The Labute approximate surface area is 105 Å². The lowest BCUT2D eigenvalue weighted by molar-refractivity contribution is 0.829. The highest BCUT2D eigenvalue weighted by molar-refractivity contribution is 7.15. The number of anilines is 2. The summed E-state index contributed by atoms with van der Waals surface area (Å²) in [4.78, 5) is 8.12. The maximum absolute atomic E-state index is 4.52. The number of nitrogens with one attached hydrogen (secondary N) is 1. The molecule has 0 saturated carbocycles. The summed E-state index contributed by atoms with van der Waals surface area (Å²) in [7, 11) is 1.96. The van der Waals surface area contributed by atoms with E-state index in [-0.39, 0.29) is 0 Å². The molecule has 0 atom stereocenters. The number of rotatable bonds is 3. The van der Waals surface area contributed by atoms with Gasteiger partial charge in [0.15, 0.2) is 5.13 Å². The summed E-state index contributed by atoms with van der Waals surface area (Å²) in [5.74, 6) is 0. The van der Waals surface area contributed by atoms with Gasteiger partial charge in [-0.25, -0.2) is 4.98 Å². The summed E-state index contributed by atoms with van der Waals surface area (Å²) in [5.41, 5.74) is 2.75. The first-order valence-electron chi connectivity index (χ1n) is 5.83. The van der Waals surface area contributed by atoms with Crippen LogP contribution in [0.15, 0.2) is 30.5 Å². The van der Waals surface area contributed by atoms with Crippen molar-refractivity contribution in [2.75, 3.05) is 18.5 Å². The Morgan fingerprint density at radius 1 is 1.41 bits per heavy atom. The van der Waals surface area contributed by atoms with Gasteiger partial charge in [-0.3, -0.25) is 0 Å². The van der Waals surface area contributed by atoms with Crippen LogP contribution in [0.4, 0.5) is 10.8 Å². The van der Waals surface area contributed by atoms with E-state index in [0.29, 0.717) is 0 Å². The number of benzene rings is 1. The van der Waals surface area contributed by atoms with Gasteiger partial charge in [-0.05, 0) is 25.1 Å². The zero-order valence-electron chi connectivity index (χ0n) is 9.81. The largest absolute Gasteiger partial charge is 0.317 e. The molecule has 1 aliphatic heterocycles. The second-order valence-electron chi connectivity index (χ2n) is 4.17. The van der Waals surface area contributed by atoms with Gasteiger partial charge in [-0.1, -0.05) is 18.2 Å². The van der Waals surface area contributed by atoms with Crippen LogP contribution in [-0.4, -0.2) is 18.6 Å². The monoisotopic (exact) mass is 245 g/mol. The number of para-hydroxylation sites is 1. The van der Waals surface area contributed by atoms with Crippen molar-refractivity contribution in [3.8, 4) is 0 Å². The normalized spacial score (nSPS) is 14.1. The predicted octanol–water partition coefficient (Wildman–Crippen LogP) is 2.56. The van der Waals surface area contributed by atoms with Gasteiger partial charge in [-0.15, -0.1) is 11.3 Å². The fourth-order valence-electron chi connectivity index (χ4n) is 2.21. The number of fused-ring (bicyclic) bond motifs is 1. The molecule has 4 heteroatoms. The van der Waals surface area contributed by atoms with Crippen molar-refractivity contribution in [2.24, 2.45) is 0 Å². The van der Waals surface area contributed by atoms with Crippen LogP contribution in [0.2, 0.25) is 0 Å². The molecule has 1 aromatic heterocycles. The second-order valence-corrected chi connectivity index (χ2v) is 5.26. The Kier molecular flexibility index (Phi) is 2.82. The SMILES string of the molecule is CNCc1cnc(N2CCc3ccccc32)s1. The van der Waals surface area contributed by atoms with Gasteiger partial charge in [-0.2, -0.15) is 0 Å². The Morgan fingerprint density at radius 3 is 3.18 bits per heavy atom. The van der Waals surface area contributed by atoms with Gasteiger partial charge in [0.05, 0.1) is 0 Å². The number of hydrogen-bond acceptors (Lipinski definition) is 4.